The lowest BCUT2D eigenvalue weighted by molar-refractivity contribution is -0.129. The van der Waals surface area contributed by atoms with Crippen molar-refractivity contribution in [3.05, 3.63) is 88.4 Å². The largest absolute Gasteiger partial charge is 0.489 e. The summed E-state index contributed by atoms with van der Waals surface area (Å²) in [5.74, 6) is -0.803. The lowest BCUT2D eigenvalue weighted by Crippen LogP contribution is -2.57. The number of anilines is 1. The predicted octanol–water partition coefficient (Wildman–Crippen LogP) is 4.11. The number of ether oxygens (including phenoxy) is 1. The van der Waals surface area contributed by atoms with Gasteiger partial charge in [-0.05, 0) is 119 Å². The molecule has 0 spiro atoms. The second kappa shape index (κ2) is 14.7. The molecule has 0 radical (unpaired) electrons. The van der Waals surface area contributed by atoms with Crippen LogP contribution in [0.15, 0.2) is 55.0 Å². The maximum Gasteiger partial charge on any atom is 0.261 e. The molecular formula is C42H46N8O7. The number of aromatic nitrogens is 3. The molecule has 2 aromatic heterocycles. The van der Waals surface area contributed by atoms with Gasteiger partial charge >= 0.3 is 0 Å². The first kappa shape index (κ1) is 36.9. The summed E-state index contributed by atoms with van der Waals surface area (Å²) < 4.78 is 7.65. The Morgan fingerprint density at radius 1 is 0.912 bits per heavy atom. The highest BCUT2D eigenvalue weighted by molar-refractivity contribution is 6.21. The molecule has 2 aromatic carbocycles. The second-order valence-corrected chi connectivity index (χ2v) is 16.2. The zero-order valence-corrected chi connectivity index (χ0v) is 32.0. The molecule has 6 heterocycles. The number of carbonyl (C=O) groups excluding carboxylic acids is 5. The van der Waals surface area contributed by atoms with Gasteiger partial charge in [-0.3, -0.25) is 28.9 Å². The molecule has 296 valence electrons. The van der Waals surface area contributed by atoms with E-state index in [0.717, 1.165) is 67.6 Å². The molecule has 4 aromatic rings. The van der Waals surface area contributed by atoms with Crippen molar-refractivity contribution >= 4 is 40.9 Å². The van der Waals surface area contributed by atoms with Gasteiger partial charge in [0.15, 0.2) is 5.65 Å². The molecule has 2 atom stereocenters. The van der Waals surface area contributed by atoms with Gasteiger partial charge in [-0.2, -0.15) is 5.10 Å². The molecular weight excluding hydrogens is 729 g/mol. The number of amides is 5. The van der Waals surface area contributed by atoms with Crippen LogP contribution in [0.5, 0.6) is 5.75 Å². The average Bonchev–Trinajstić information content (AvgIpc) is 3.86. The average molecular weight is 775 g/mol. The second-order valence-electron chi connectivity index (χ2n) is 16.2. The first-order valence-corrected chi connectivity index (χ1v) is 20.0. The molecule has 5 aliphatic rings. The van der Waals surface area contributed by atoms with E-state index in [9.17, 15) is 29.1 Å². The summed E-state index contributed by atoms with van der Waals surface area (Å²) in [6.45, 7) is 6.14. The summed E-state index contributed by atoms with van der Waals surface area (Å²) in [6, 6.07) is 10.7. The topological polar surface area (TPSA) is 179 Å². The number of fused-ring (bicyclic) bond motifs is 3. The quantitative estimate of drug-likeness (QED) is 0.221. The SMILES string of the molecule is CC(C)Oc1cc2c(cc1NC(=O)c1cnn3cccnc13)CN(C1CCC(N3CCC(c4ccc5c(c4)C(=O)N(C4CCC(=O)NC4O)C5=O)CC3)CC1)C2=O. The third kappa shape index (κ3) is 6.71. The summed E-state index contributed by atoms with van der Waals surface area (Å²) >= 11 is 0. The Balaban J connectivity index is 0.810. The van der Waals surface area contributed by atoms with Crippen LogP contribution in [-0.4, -0.2) is 107 Å². The molecule has 3 N–H and O–H groups in total. The molecule has 1 saturated carbocycles. The van der Waals surface area contributed by atoms with Crippen molar-refractivity contribution in [3.8, 4) is 5.75 Å². The van der Waals surface area contributed by atoms with Gasteiger partial charge in [-0.1, -0.05) is 6.07 Å². The van der Waals surface area contributed by atoms with E-state index < -0.39 is 24.1 Å². The minimum atomic E-state index is -1.28. The van der Waals surface area contributed by atoms with Crippen LogP contribution in [0.2, 0.25) is 0 Å². The number of aliphatic hydroxyl groups is 1. The first-order chi connectivity index (χ1) is 27.5. The van der Waals surface area contributed by atoms with E-state index in [1.807, 2.05) is 36.9 Å². The zero-order chi connectivity index (χ0) is 39.5. The molecule has 2 saturated heterocycles. The lowest BCUT2D eigenvalue weighted by Gasteiger charge is -2.42. The molecule has 15 heteroatoms. The minimum Gasteiger partial charge on any atom is -0.489 e. The molecule has 5 amide bonds. The van der Waals surface area contributed by atoms with Crippen molar-refractivity contribution in [2.24, 2.45) is 0 Å². The number of rotatable bonds is 8. The Morgan fingerprint density at radius 2 is 1.67 bits per heavy atom. The summed E-state index contributed by atoms with van der Waals surface area (Å²) in [5.41, 5.74) is 4.51. The van der Waals surface area contributed by atoms with Crippen molar-refractivity contribution in [3.63, 3.8) is 0 Å². The number of nitrogens with one attached hydrogen (secondary N) is 2. The van der Waals surface area contributed by atoms with Crippen molar-refractivity contribution in [2.75, 3.05) is 18.4 Å². The highest BCUT2D eigenvalue weighted by atomic mass is 16.5. The van der Waals surface area contributed by atoms with E-state index in [-0.39, 0.29) is 48.6 Å². The number of piperidine rings is 2. The van der Waals surface area contributed by atoms with Gasteiger partial charge in [0.1, 0.15) is 17.5 Å². The fourth-order valence-corrected chi connectivity index (χ4v) is 9.49. The summed E-state index contributed by atoms with van der Waals surface area (Å²) in [4.78, 5) is 75.6. The maximum atomic E-state index is 13.9. The fourth-order valence-electron chi connectivity index (χ4n) is 9.49. The normalized spacial score (nSPS) is 24.3. The summed E-state index contributed by atoms with van der Waals surface area (Å²) in [5, 5.41) is 20.1. The number of hydrogen-bond acceptors (Lipinski definition) is 10. The highest BCUT2D eigenvalue weighted by Crippen LogP contribution is 2.40. The van der Waals surface area contributed by atoms with Crippen molar-refractivity contribution < 1.29 is 33.8 Å². The Labute approximate surface area is 329 Å². The zero-order valence-electron chi connectivity index (χ0n) is 32.0. The number of likely N-dealkylation sites (tertiary alicyclic amines) is 1. The predicted molar refractivity (Wildman–Crippen MR) is 207 cm³/mol. The van der Waals surface area contributed by atoms with Crippen LogP contribution in [0.3, 0.4) is 0 Å². The van der Waals surface area contributed by atoms with Gasteiger partial charge in [-0.25, -0.2) is 9.50 Å². The highest BCUT2D eigenvalue weighted by Gasteiger charge is 2.45. The monoisotopic (exact) mass is 774 g/mol. The standard InChI is InChI=1S/C42H46N8O7/c1-23(2)57-35-20-30-26(19-33(35)45-38(52)32-21-44-49-15-3-14-43-37(32)49)22-48(40(30)54)28-7-5-27(6-8-28)47-16-12-24(13-17-47)25-4-9-29-31(18-25)42(56)50(41(29)55)34-10-11-36(51)46-39(34)53/h3-4,9,14-15,18-21,23-24,27-28,34,39,53H,5-8,10-13,16-17,22H2,1-2H3,(H,45,52)(H,46,51). The van der Waals surface area contributed by atoms with Gasteiger partial charge in [-0.15, -0.1) is 0 Å². The Morgan fingerprint density at radius 3 is 2.42 bits per heavy atom. The lowest BCUT2D eigenvalue weighted by atomic mass is 9.84. The third-order valence-corrected chi connectivity index (χ3v) is 12.4. The van der Waals surface area contributed by atoms with Gasteiger partial charge < -0.3 is 30.3 Å². The molecule has 3 fully saturated rings. The van der Waals surface area contributed by atoms with E-state index in [4.69, 9.17) is 4.74 Å². The number of aliphatic hydroxyl groups excluding tert-OH is 1. The van der Waals surface area contributed by atoms with Gasteiger partial charge in [0.25, 0.3) is 23.6 Å². The van der Waals surface area contributed by atoms with Crippen molar-refractivity contribution in [1.29, 1.82) is 0 Å². The van der Waals surface area contributed by atoms with Crippen LogP contribution in [0.4, 0.5) is 5.69 Å². The van der Waals surface area contributed by atoms with Crippen LogP contribution in [0.25, 0.3) is 5.65 Å². The fraction of sp³-hybridized carbons (Fsp3) is 0.452. The number of hydrogen-bond donors (Lipinski definition) is 3. The third-order valence-electron chi connectivity index (χ3n) is 12.4. The number of nitrogens with zero attached hydrogens (tertiary/aromatic N) is 6. The summed E-state index contributed by atoms with van der Waals surface area (Å²) in [6.07, 6.45) is 9.43. The molecule has 4 aliphatic heterocycles. The van der Waals surface area contributed by atoms with Crippen LogP contribution in [0.1, 0.15) is 124 Å². The van der Waals surface area contributed by atoms with E-state index in [0.29, 0.717) is 51.9 Å². The van der Waals surface area contributed by atoms with Crippen LogP contribution >= 0.6 is 0 Å². The molecule has 57 heavy (non-hydrogen) atoms. The van der Waals surface area contributed by atoms with E-state index in [2.05, 4.69) is 25.6 Å². The Hall–Kier alpha value is -5.67. The first-order valence-electron chi connectivity index (χ1n) is 20.0. The molecule has 2 unspecified atom stereocenters. The van der Waals surface area contributed by atoms with Crippen molar-refractivity contribution in [2.45, 2.75) is 108 Å². The maximum absolute atomic E-state index is 13.9. The number of carbonyl (C=O) groups is 5. The van der Waals surface area contributed by atoms with E-state index in [1.165, 1.54) is 6.20 Å². The Kier molecular flexibility index (Phi) is 9.52. The minimum absolute atomic E-state index is 0.00749. The van der Waals surface area contributed by atoms with Crippen LogP contribution in [-0.2, 0) is 11.3 Å². The smallest absolute Gasteiger partial charge is 0.261 e. The Bertz CT molecular complexity index is 2290. The molecule has 15 nitrogen and oxygen atoms in total. The van der Waals surface area contributed by atoms with Crippen LogP contribution in [0, 0.1) is 0 Å². The molecule has 9 rings (SSSR count). The van der Waals surface area contributed by atoms with Gasteiger partial charge in [0.05, 0.1) is 35.2 Å². The number of imide groups is 1. The van der Waals surface area contributed by atoms with E-state index in [1.54, 1.807) is 35.1 Å². The molecule has 1 aliphatic carbocycles. The number of benzene rings is 2. The van der Waals surface area contributed by atoms with Gasteiger partial charge in [0.2, 0.25) is 5.91 Å². The summed E-state index contributed by atoms with van der Waals surface area (Å²) in [7, 11) is 0. The van der Waals surface area contributed by atoms with Crippen LogP contribution < -0.4 is 15.4 Å². The molecule has 0 bridgehead atoms. The van der Waals surface area contributed by atoms with E-state index >= 15 is 0 Å². The van der Waals surface area contributed by atoms with Gasteiger partial charge in [0, 0.05) is 43.0 Å². The van der Waals surface area contributed by atoms with Crippen molar-refractivity contribution in [1.82, 2.24) is 34.6 Å².